The number of hydrogen-bond donors (Lipinski definition) is 2. The van der Waals surface area contributed by atoms with E-state index in [4.69, 9.17) is 5.84 Å². The number of hydrogen-bond acceptors (Lipinski definition) is 2. The number of carbonyl (C=O) groups is 1. The lowest BCUT2D eigenvalue weighted by atomic mass is 10.0. The van der Waals surface area contributed by atoms with Crippen LogP contribution in [0.1, 0.15) is 12.5 Å². The molecule has 1 aromatic rings. The van der Waals surface area contributed by atoms with E-state index >= 15 is 0 Å². The van der Waals surface area contributed by atoms with E-state index in [2.05, 4.69) is 5.43 Å². The highest BCUT2D eigenvalue weighted by atomic mass is 16.2. The molecule has 0 radical (unpaired) electrons. The van der Waals surface area contributed by atoms with Gasteiger partial charge in [0, 0.05) is 5.92 Å². The molecule has 0 aliphatic carbocycles. The van der Waals surface area contributed by atoms with Crippen LogP contribution >= 0.6 is 0 Å². The zero-order chi connectivity index (χ0) is 9.68. The maximum Gasteiger partial charge on any atom is 0.237 e. The quantitative estimate of drug-likeness (QED) is 0.409. The minimum absolute atomic E-state index is 0.0765. The van der Waals surface area contributed by atoms with Crippen LogP contribution in [-0.4, -0.2) is 5.91 Å². The smallest absolute Gasteiger partial charge is 0.237 e. The largest absolute Gasteiger partial charge is 0.294 e. The van der Waals surface area contributed by atoms with Gasteiger partial charge in [-0.1, -0.05) is 37.3 Å². The van der Waals surface area contributed by atoms with Crippen LogP contribution in [0, 0.1) is 5.92 Å². The van der Waals surface area contributed by atoms with Crippen LogP contribution in [-0.2, 0) is 11.2 Å². The predicted octanol–water partition coefficient (Wildman–Crippen LogP) is 0.855. The molecule has 0 saturated heterocycles. The lowest BCUT2D eigenvalue weighted by molar-refractivity contribution is -0.124. The number of amides is 1. The van der Waals surface area contributed by atoms with Crippen molar-refractivity contribution < 1.29 is 4.79 Å². The Morgan fingerprint density at radius 1 is 1.46 bits per heavy atom. The second kappa shape index (κ2) is 4.62. The van der Waals surface area contributed by atoms with Crippen molar-refractivity contribution in [1.82, 2.24) is 5.43 Å². The third-order valence-corrected chi connectivity index (χ3v) is 1.97. The molecule has 3 nitrogen and oxygen atoms in total. The first-order valence-electron chi connectivity index (χ1n) is 4.28. The average Bonchev–Trinajstić information content (AvgIpc) is 2.18. The lowest BCUT2D eigenvalue weighted by Gasteiger charge is -2.08. The average molecular weight is 178 g/mol. The first-order valence-corrected chi connectivity index (χ1v) is 4.28. The van der Waals surface area contributed by atoms with Crippen molar-refractivity contribution in [1.29, 1.82) is 0 Å². The molecule has 70 valence electrons. The summed E-state index contributed by atoms with van der Waals surface area (Å²) in [5, 5.41) is 0. The number of carbonyl (C=O) groups excluding carboxylic acids is 1. The van der Waals surface area contributed by atoms with Gasteiger partial charge in [0.05, 0.1) is 0 Å². The summed E-state index contributed by atoms with van der Waals surface area (Å²) in [6.45, 7) is 1.86. The van der Waals surface area contributed by atoms with E-state index < -0.39 is 0 Å². The lowest BCUT2D eigenvalue weighted by Crippen LogP contribution is -2.35. The Labute approximate surface area is 77.9 Å². The first kappa shape index (κ1) is 9.74. The highest BCUT2D eigenvalue weighted by Crippen LogP contribution is 2.07. The van der Waals surface area contributed by atoms with Gasteiger partial charge in [-0.15, -0.1) is 0 Å². The number of benzene rings is 1. The predicted molar refractivity (Wildman–Crippen MR) is 51.6 cm³/mol. The van der Waals surface area contributed by atoms with E-state index in [9.17, 15) is 4.79 Å². The van der Waals surface area contributed by atoms with Gasteiger partial charge in [-0.25, -0.2) is 5.84 Å². The Morgan fingerprint density at radius 3 is 2.62 bits per heavy atom. The van der Waals surface area contributed by atoms with Crippen molar-refractivity contribution >= 4 is 5.91 Å². The molecule has 1 rings (SSSR count). The maximum absolute atomic E-state index is 11.1. The third kappa shape index (κ3) is 2.87. The van der Waals surface area contributed by atoms with Crippen molar-refractivity contribution in [2.24, 2.45) is 11.8 Å². The summed E-state index contributed by atoms with van der Waals surface area (Å²) < 4.78 is 0. The van der Waals surface area contributed by atoms with Gasteiger partial charge < -0.3 is 0 Å². The van der Waals surface area contributed by atoms with Crippen molar-refractivity contribution in [2.45, 2.75) is 13.3 Å². The zero-order valence-corrected chi connectivity index (χ0v) is 7.66. The molecule has 0 saturated carbocycles. The van der Waals surface area contributed by atoms with Crippen molar-refractivity contribution in [3.8, 4) is 0 Å². The number of rotatable bonds is 3. The Hall–Kier alpha value is -1.35. The second-order valence-electron chi connectivity index (χ2n) is 3.10. The molecule has 13 heavy (non-hydrogen) atoms. The molecule has 0 bridgehead atoms. The van der Waals surface area contributed by atoms with Crippen LogP contribution < -0.4 is 11.3 Å². The number of hydrazine groups is 1. The van der Waals surface area contributed by atoms with Crippen LogP contribution in [0.5, 0.6) is 0 Å². The molecule has 0 fully saturated rings. The molecular weight excluding hydrogens is 164 g/mol. The van der Waals surface area contributed by atoms with Gasteiger partial charge >= 0.3 is 0 Å². The minimum Gasteiger partial charge on any atom is -0.294 e. The molecular formula is C10H14N2O. The fourth-order valence-corrected chi connectivity index (χ4v) is 1.20. The van der Waals surface area contributed by atoms with Gasteiger partial charge in [0.15, 0.2) is 0 Å². The van der Waals surface area contributed by atoms with E-state index in [1.54, 1.807) is 0 Å². The van der Waals surface area contributed by atoms with Crippen molar-refractivity contribution in [3.63, 3.8) is 0 Å². The molecule has 1 amide bonds. The molecule has 1 aromatic carbocycles. The van der Waals surface area contributed by atoms with Crippen LogP contribution in [0.2, 0.25) is 0 Å². The van der Waals surface area contributed by atoms with Crippen molar-refractivity contribution in [2.75, 3.05) is 0 Å². The highest BCUT2D eigenvalue weighted by Gasteiger charge is 2.11. The highest BCUT2D eigenvalue weighted by molar-refractivity contribution is 5.77. The van der Waals surface area contributed by atoms with E-state index in [0.717, 1.165) is 12.0 Å². The molecule has 0 heterocycles. The van der Waals surface area contributed by atoms with Gasteiger partial charge in [0.2, 0.25) is 5.91 Å². The molecule has 0 aliphatic rings. The summed E-state index contributed by atoms with van der Waals surface area (Å²) in [5.74, 6) is 4.83. The summed E-state index contributed by atoms with van der Waals surface area (Å²) in [6, 6.07) is 9.88. The van der Waals surface area contributed by atoms with Crippen LogP contribution in [0.3, 0.4) is 0 Å². The van der Waals surface area contributed by atoms with Gasteiger partial charge in [-0.05, 0) is 12.0 Å². The number of nitrogens with two attached hydrogens (primary N) is 1. The fourth-order valence-electron chi connectivity index (χ4n) is 1.20. The van der Waals surface area contributed by atoms with Crippen LogP contribution in [0.15, 0.2) is 30.3 Å². The molecule has 3 N–H and O–H groups in total. The summed E-state index contributed by atoms with van der Waals surface area (Å²) >= 11 is 0. The van der Waals surface area contributed by atoms with Crippen LogP contribution in [0.4, 0.5) is 0 Å². The molecule has 1 unspecified atom stereocenters. The van der Waals surface area contributed by atoms with Gasteiger partial charge in [-0.2, -0.15) is 0 Å². The first-order chi connectivity index (χ1) is 6.24. The normalized spacial score (nSPS) is 12.2. The maximum atomic E-state index is 11.1. The Kier molecular flexibility index (Phi) is 3.46. The molecule has 1 atom stereocenters. The standard InChI is InChI=1S/C10H14N2O/c1-8(10(13)12-11)7-9-5-3-2-4-6-9/h2-6,8H,7,11H2,1H3,(H,12,13). The third-order valence-electron chi connectivity index (χ3n) is 1.97. The monoisotopic (exact) mass is 178 g/mol. The van der Waals surface area contributed by atoms with Crippen molar-refractivity contribution in [3.05, 3.63) is 35.9 Å². The van der Waals surface area contributed by atoms with Gasteiger partial charge in [0.1, 0.15) is 0 Å². The summed E-state index contributed by atoms with van der Waals surface area (Å²) in [4.78, 5) is 11.1. The topological polar surface area (TPSA) is 55.1 Å². The Balaban J connectivity index is 2.55. The van der Waals surface area contributed by atoms with Gasteiger partial charge in [0.25, 0.3) is 0 Å². The second-order valence-corrected chi connectivity index (χ2v) is 3.10. The number of nitrogens with one attached hydrogen (secondary N) is 1. The molecule has 0 spiro atoms. The fraction of sp³-hybridized carbons (Fsp3) is 0.300. The van der Waals surface area contributed by atoms with Gasteiger partial charge in [-0.3, -0.25) is 10.2 Å². The Bertz CT molecular complexity index is 272. The minimum atomic E-state index is -0.121. The Morgan fingerprint density at radius 2 is 2.08 bits per heavy atom. The molecule has 3 heteroatoms. The molecule has 0 aliphatic heterocycles. The summed E-state index contributed by atoms with van der Waals surface area (Å²) in [6.07, 6.45) is 0.726. The van der Waals surface area contributed by atoms with Crippen LogP contribution in [0.25, 0.3) is 0 Å². The SMILES string of the molecule is CC(Cc1ccccc1)C(=O)NN. The molecule has 0 aromatic heterocycles. The van der Waals surface area contributed by atoms with E-state index in [1.165, 1.54) is 0 Å². The summed E-state index contributed by atoms with van der Waals surface area (Å²) in [7, 11) is 0. The van der Waals surface area contributed by atoms with E-state index in [1.807, 2.05) is 37.3 Å². The van der Waals surface area contributed by atoms with E-state index in [-0.39, 0.29) is 11.8 Å². The summed E-state index contributed by atoms with van der Waals surface area (Å²) in [5.41, 5.74) is 3.30. The zero-order valence-electron chi connectivity index (χ0n) is 7.66. The van der Waals surface area contributed by atoms with E-state index in [0.29, 0.717) is 0 Å².